The highest BCUT2D eigenvalue weighted by molar-refractivity contribution is 5.54. The van der Waals surface area contributed by atoms with E-state index in [1.54, 1.807) is 12.1 Å². The largest absolute Gasteiger partial charge is 0.508 e. The van der Waals surface area contributed by atoms with Gasteiger partial charge in [-0.05, 0) is 55.3 Å². The van der Waals surface area contributed by atoms with Crippen molar-refractivity contribution in [3.8, 4) is 17.1 Å². The lowest BCUT2D eigenvalue weighted by molar-refractivity contribution is 0.212. The maximum Gasteiger partial charge on any atom is 0.241 e. The minimum absolute atomic E-state index is 0.217. The van der Waals surface area contributed by atoms with Gasteiger partial charge in [-0.25, -0.2) is 8.78 Å². The third kappa shape index (κ3) is 3.30. The maximum atomic E-state index is 13.4. The van der Waals surface area contributed by atoms with Gasteiger partial charge >= 0.3 is 0 Å². The Kier molecular flexibility index (Phi) is 4.38. The average Bonchev–Trinajstić information content (AvgIpc) is 3.28. The van der Waals surface area contributed by atoms with Gasteiger partial charge in [-0.15, -0.1) is 0 Å². The zero-order chi connectivity index (χ0) is 18.1. The van der Waals surface area contributed by atoms with Gasteiger partial charge in [0.1, 0.15) is 5.75 Å². The molecule has 26 heavy (non-hydrogen) atoms. The summed E-state index contributed by atoms with van der Waals surface area (Å²) in [5, 5.41) is 13.3. The molecule has 0 aliphatic carbocycles. The van der Waals surface area contributed by atoms with Crippen molar-refractivity contribution in [2.24, 2.45) is 0 Å². The van der Waals surface area contributed by atoms with Crippen LogP contribution in [0.15, 0.2) is 47.0 Å². The molecular formula is C19H17F2N3O2. The first kappa shape index (κ1) is 16.7. The molecule has 0 radical (unpaired) electrons. The van der Waals surface area contributed by atoms with E-state index >= 15 is 0 Å². The molecule has 2 heterocycles. The first-order chi connectivity index (χ1) is 12.6. The smallest absolute Gasteiger partial charge is 0.241 e. The number of phenols is 1. The van der Waals surface area contributed by atoms with E-state index < -0.39 is 11.6 Å². The van der Waals surface area contributed by atoms with Gasteiger partial charge in [-0.1, -0.05) is 17.3 Å². The Hall–Kier alpha value is -2.80. The third-order valence-corrected chi connectivity index (χ3v) is 4.63. The summed E-state index contributed by atoms with van der Waals surface area (Å²) < 4.78 is 31.7. The minimum atomic E-state index is -0.944. The van der Waals surface area contributed by atoms with Gasteiger partial charge in [0.2, 0.25) is 11.7 Å². The molecule has 1 atom stereocenters. The van der Waals surface area contributed by atoms with Crippen molar-refractivity contribution in [1.29, 1.82) is 0 Å². The summed E-state index contributed by atoms with van der Waals surface area (Å²) in [4.78, 5) is 6.54. The monoisotopic (exact) mass is 357 g/mol. The van der Waals surface area contributed by atoms with Gasteiger partial charge in [-0.2, -0.15) is 4.98 Å². The molecule has 1 aliphatic rings. The van der Waals surface area contributed by atoms with Crippen LogP contribution in [0.2, 0.25) is 0 Å². The molecule has 2 aromatic carbocycles. The van der Waals surface area contributed by atoms with Crippen LogP contribution in [0.5, 0.6) is 5.75 Å². The number of nitrogens with zero attached hydrogens (tertiary/aromatic N) is 3. The van der Waals surface area contributed by atoms with Crippen LogP contribution >= 0.6 is 0 Å². The number of halogens is 2. The molecule has 1 N–H and O–H groups in total. The fraction of sp³-hybridized carbons (Fsp3) is 0.263. The van der Waals surface area contributed by atoms with Crippen LogP contribution in [0.3, 0.4) is 0 Å². The molecule has 0 bridgehead atoms. The van der Waals surface area contributed by atoms with E-state index in [2.05, 4.69) is 15.0 Å². The number of aromatic hydroxyl groups is 1. The van der Waals surface area contributed by atoms with Gasteiger partial charge in [0.25, 0.3) is 0 Å². The highest BCUT2D eigenvalue weighted by Crippen LogP contribution is 2.33. The Labute approximate surface area is 148 Å². The molecule has 1 aliphatic heterocycles. The van der Waals surface area contributed by atoms with Crippen molar-refractivity contribution in [3.05, 3.63) is 65.6 Å². The van der Waals surface area contributed by atoms with E-state index in [0.717, 1.165) is 37.1 Å². The summed E-state index contributed by atoms with van der Waals surface area (Å²) >= 11 is 0. The fourth-order valence-electron chi connectivity index (χ4n) is 3.33. The fourth-order valence-corrected chi connectivity index (χ4v) is 3.33. The summed E-state index contributed by atoms with van der Waals surface area (Å²) in [6.45, 7) is 1.37. The summed E-state index contributed by atoms with van der Waals surface area (Å²) in [7, 11) is 0. The highest BCUT2D eigenvalue weighted by Gasteiger charge is 2.27. The number of hydrogen-bond acceptors (Lipinski definition) is 5. The van der Waals surface area contributed by atoms with Gasteiger partial charge in [-0.3, -0.25) is 4.90 Å². The van der Waals surface area contributed by atoms with Crippen molar-refractivity contribution >= 4 is 0 Å². The van der Waals surface area contributed by atoms with Crippen molar-refractivity contribution in [3.63, 3.8) is 0 Å². The van der Waals surface area contributed by atoms with Crippen molar-refractivity contribution in [2.75, 3.05) is 6.54 Å². The van der Waals surface area contributed by atoms with Crippen molar-refractivity contribution < 1.29 is 18.4 Å². The first-order valence-corrected chi connectivity index (χ1v) is 8.41. The zero-order valence-corrected chi connectivity index (χ0v) is 13.9. The predicted molar refractivity (Wildman–Crippen MR) is 90.1 cm³/mol. The Bertz CT molecular complexity index is 911. The van der Waals surface area contributed by atoms with Crippen LogP contribution in [0, 0.1) is 11.6 Å². The van der Waals surface area contributed by atoms with E-state index in [-0.39, 0.29) is 17.6 Å². The van der Waals surface area contributed by atoms with Crippen LogP contribution in [0.1, 0.15) is 30.3 Å². The first-order valence-electron chi connectivity index (χ1n) is 8.41. The average molecular weight is 357 g/mol. The van der Waals surface area contributed by atoms with E-state index in [1.807, 2.05) is 12.1 Å². The molecule has 0 spiro atoms. The van der Waals surface area contributed by atoms with Crippen LogP contribution in [0.25, 0.3) is 11.4 Å². The van der Waals surface area contributed by atoms with Crippen LogP contribution in [-0.4, -0.2) is 26.7 Å². The second kappa shape index (κ2) is 6.84. The number of aromatic nitrogens is 2. The van der Waals surface area contributed by atoms with Crippen LogP contribution < -0.4 is 0 Å². The maximum absolute atomic E-state index is 13.4. The Balaban J connectivity index is 1.51. The number of benzene rings is 2. The molecular weight excluding hydrogens is 340 g/mol. The quantitative estimate of drug-likeness (QED) is 0.763. The van der Waals surface area contributed by atoms with E-state index in [9.17, 15) is 13.9 Å². The lowest BCUT2D eigenvalue weighted by atomic mass is 10.0. The van der Waals surface area contributed by atoms with E-state index in [4.69, 9.17) is 4.52 Å². The molecule has 4 rings (SSSR count). The molecule has 1 unspecified atom stereocenters. The Morgan fingerprint density at radius 1 is 1.12 bits per heavy atom. The summed E-state index contributed by atoms with van der Waals surface area (Å²) in [6, 6.07) is 10.9. The number of hydrogen-bond donors (Lipinski definition) is 1. The predicted octanol–water partition coefficient (Wildman–Crippen LogP) is 4.06. The summed E-state index contributed by atoms with van der Waals surface area (Å²) in [6.07, 6.45) is 2.06. The summed E-state index contributed by atoms with van der Waals surface area (Å²) in [5.41, 5.74) is 1.50. The molecule has 134 valence electrons. The Morgan fingerprint density at radius 3 is 2.69 bits per heavy atom. The normalized spacial score (nSPS) is 17.7. The molecule has 0 saturated carbocycles. The molecule has 1 fully saturated rings. The van der Waals surface area contributed by atoms with Crippen LogP contribution in [0.4, 0.5) is 8.78 Å². The van der Waals surface area contributed by atoms with Crippen LogP contribution in [-0.2, 0) is 6.54 Å². The van der Waals surface area contributed by atoms with Gasteiger partial charge in [0.05, 0.1) is 6.54 Å². The molecule has 1 aromatic heterocycles. The van der Waals surface area contributed by atoms with Gasteiger partial charge in [0.15, 0.2) is 11.6 Å². The lowest BCUT2D eigenvalue weighted by Crippen LogP contribution is -2.22. The number of rotatable bonds is 4. The molecule has 0 amide bonds. The van der Waals surface area contributed by atoms with Gasteiger partial charge < -0.3 is 9.63 Å². The second-order valence-electron chi connectivity index (χ2n) is 6.36. The molecule has 1 saturated heterocycles. The summed E-state index contributed by atoms with van der Waals surface area (Å²) in [5.74, 6) is -0.951. The molecule has 7 heteroatoms. The van der Waals surface area contributed by atoms with Crippen molar-refractivity contribution in [2.45, 2.75) is 25.4 Å². The second-order valence-corrected chi connectivity index (χ2v) is 6.36. The van der Waals surface area contributed by atoms with E-state index in [1.165, 1.54) is 6.07 Å². The molecule has 5 nitrogen and oxygen atoms in total. The third-order valence-electron chi connectivity index (χ3n) is 4.63. The lowest BCUT2D eigenvalue weighted by Gasteiger charge is -2.23. The topological polar surface area (TPSA) is 62.4 Å². The number of likely N-dealkylation sites (tertiary alicyclic amines) is 1. The molecule has 3 aromatic rings. The highest BCUT2D eigenvalue weighted by atomic mass is 19.2. The SMILES string of the molecule is Oc1ccc(C2CCCN2Cc2nc(-c3ccc(F)c(F)c3)no2)cc1. The standard InChI is InChI=1S/C19H17F2N3O2/c20-15-8-5-13(10-16(15)21)19-22-18(26-23-19)11-24-9-1-2-17(24)12-3-6-14(25)7-4-12/h3-8,10,17,25H,1-2,9,11H2. The number of phenolic OH excluding ortho intramolecular Hbond substituents is 1. The minimum Gasteiger partial charge on any atom is -0.508 e. The zero-order valence-electron chi connectivity index (χ0n) is 13.9. The van der Waals surface area contributed by atoms with Gasteiger partial charge in [0, 0.05) is 11.6 Å². The van der Waals surface area contributed by atoms with Crippen molar-refractivity contribution in [1.82, 2.24) is 15.0 Å². The van der Waals surface area contributed by atoms with E-state index in [0.29, 0.717) is 18.0 Å². The Morgan fingerprint density at radius 2 is 1.92 bits per heavy atom.